The Morgan fingerprint density at radius 1 is 1.45 bits per heavy atom. The Morgan fingerprint density at radius 3 is 2.82 bits per heavy atom. The molecule has 22 heavy (non-hydrogen) atoms. The minimum absolute atomic E-state index is 0.133. The second-order valence-electron chi connectivity index (χ2n) is 6.01. The zero-order valence-electron chi connectivity index (χ0n) is 12.9. The van der Waals surface area contributed by atoms with E-state index in [2.05, 4.69) is 28.7 Å². The van der Waals surface area contributed by atoms with Crippen LogP contribution in [0.4, 0.5) is 0 Å². The predicted octanol–water partition coefficient (Wildman–Crippen LogP) is 2.51. The molecule has 0 radical (unpaired) electrons. The van der Waals surface area contributed by atoms with Gasteiger partial charge >= 0.3 is 5.97 Å². The van der Waals surface area contributed by atoms with Gasteiger partial charge in [0.1, 0.15) is 23.2 Å². The Hall–Kier alpha value is -2.08. The number of likely N-dealkylation sites (tertiary alicyclic amines) is 1. The quantitative estimate of drug-likeness (QED) is 0.907. The van der Waals surface area contributed by atoms with Gasteiger partial charge in [0, 0.05) is 25.3 Å². The van der Waals surface area contributed by atoms with Gasteiger partial charge in [-0.2, -0.15) is 0 Å². The normalized spacial score (nSPS) is 17.2. The van der Waals surface area contributed by atoms with E-state index < -0.39 is 5.97 Å². The van der Waals surface area contributed by atoms with Crippen molar-refractivity contribution < 1.29 is 14.6 Å². The fourth-order valence-electron chi connectivity index (χ4n) is 2.91. The first-order valence-electron chi connectivity index (χ1n) is 7.66. The van der Waals surface area contributed by atoms with Crippen LogP contribution < -0.4 is 4.74 Å². The molecular weight excluding hydrogens is 282 g/mol. The molecule has 6 nitrogen and oxygen atoms in total. The Labute approximate surface area is 129 Å². The van der Waals surface area contributed by atoms with Gasteiger partial charge < -0.3 is 19.7 Å². The number of carbonyl (C=O) groups is 1. The predicted molar refractivity (Wildman–Crippen MR) is 83.4 cm³/mol. The molecule has 118 valence electrons. The summed E-state index contributed by atoms with van der Waals surface area (Å²) < 4.78 is 6.11. The zero-order valence-corrected chi connectivity index (χ0v) is 12.9. The number of fused-ring (bicyclic) bond motifs is 1. The summed E-state index contributed by atoms with van der Waals surface area (Å²) in [5.74, 6) is -0.286. The van der Waals surface area contributed by atoms with E-state index in [1.165, 1.54) is 0 Å². The van der Waals surface area contributed by atoms with Crippen molar-refractivity contribution in [2.45, 2.75) is 38.8 Å². The van der Waals surface area contributed by atoms with Crippen LogP contribution in [0.3, 0.4) is 0 Å². The van der Waals surface area contributed by atoms with Crippen molar-refractivity contribution in [3.05, 3.63) is 24.0 Å². The fourth-order valence-corrected chi connectivity index (χ4v) is 2.91. The van der Waals surface area contributed by atoms with E-state index in [9.17, 15) is 4.79 Å². The molecule has 1 aliphatic rings. The number of ether oxygens (including phenoxy) is 1. The molecule has 1 fully saturated rings. The molecule has 2 N–H and O–H groups in total. The number of aromatic amines is 1. The monoisotopic (exact) mass is 303 g/mol. The minimum Gasteiger partial charge on any atom is -0.490 e. The highest BCUT2D eigenvalue weighted by Gasteiger charge is 2.23. The molecule has 3 rings (SSSR count). The van der Waals surface area contributed by atoms with Gasteiger partial charge in [-0.25, -0.2) is 9.78 Å². The van der Waals surface area contributed by atoms with Crippen LogP contribution in [0.15, 0.2) is 18.3 Å². The van der Waals surface area contributed by atoms with Crippen LogP contribution in [0.25, 0.3) is 11.0 Å². The molecule has 1 saturated heterocycles. The molecule has 0 atom stereocenters. The summed E-state index contributed by atoms with van der Waals surface area (Å²) in [6, 6.07) is 3.95. The van der Waals surface area contributed by atoms with Crippen molar-refractivity contribution in [3.63, 3.8) is 0 Å². The third-order valence-corrected chi connectivity index (χ3v) is 4.22. The molecule has 6 heteroatoms. The number of hydrogen-bond donors (Lipinski definition) is 2. The number of piperidine rings is 1. The third kappa shape index (κ3) is 2.92. The number of H-pyrrole nitrogens is 1. The number of aromatic nitrogens is 2. The van der Waals surface area contributed by atoms with E-state index in [0.717, 1.165) is 31.3 Å². The molecular formula is C16H21N3O3. The van der Waals surface area contributed by atoms with Crippen LogP contribution in [-0.4, -0.2) is 51.2 Å². The molecule has 0 bridgehead atoms. The minimum atomic E-state index is -0.991. The number of hydrogen-bond acceptors (Lipinski definition) is 4. The molecule has 0 spiro atoms. The van der Waals surface area contributed by atoms with Crippen molar-refractivity contribution >= 4 is 17.0 Å². The van der Waals surface area contributed by atoms with Crippen LogP contribution in [0.2, 0.25) is 0 Å². The molecule has 0 saturated carbocycles. The second kappa shape index (κ2) is 5.96. The summed E-state index contributed by atoms with van der Waals surface area (Å²) in [7, 11) is 0. The molecule has 0 aromatic carbocycles. The number of nitrogens with zero attached hydrogens (tertiary/aromatic N) is 2. The highest BCUT2D eigenvalue weighted by molar-refractivity contribution is 5.94. The molecule has 0 aliphatic carbocycles. The van der Waals surface area contributed by atoms with E-state index in [1.807, 2.05) is 0 Å². The SMILES string of the molecule is CC(C)N1CCC(Oc2ccnc3[nH]c(C(=O)O)cc23)CC1. The van der Waals surface area contributed by atoms with E-state index in [4.69, 9.17) is 9.84 Å². The summed E-state index contributed by atoms with van der Waals surface area (Å²) >= 11 is 0. The van der Waals surface area contributed by atoms with Gasteiger partial charge in [0.05, 0.1) is 5.39 Å². The van der Waals surface area contributed by atoms with Crippen LogP contribution in [0, 0.1) is 0 Å². The Balaban J connectivity index is 1.76. The number of pyridine rings is 1. The first-order valence-corrected chi connectivity index (χ1v) is 7.66. The Morgan fingerprint density at radius 2 is 2.18 bits per heavy atom. The smallest absolute Gasteiger partial charge is 0.352 e. The highest BCUT2D eigenvalue weighted by atomic mass is 16.5. The van der Waals surface area contributed by atoms with E-state index >= 15 is 0 Å². The van der Waals surface area contributed by atoms with Crippen molar-refractivity contribution in [1.29, 1.82) is 0 Å². The van der Waals surface area contributed by atoms with Crippen LogP contribution in [-0.2, 0) is 0 Å². The molecule has 2 aromatic rings. The van der Waals surface area contributed by atoms with Crippen molar-refractivity contribution in [1.82, 2.24) is 14.9 Å². The summed E-state index contributed by atoms with van der Waals surface area (Å²) in [6.07, 6.45) is 3.78. The number of carboxylic acids is 1. The summed E-state index contributed by atoms with van der Waals surface area (Å²) in [5.41, 5.74) is 0.683. The first kappa shape index (κ1) is 14.8. The largest absolute Gasteiger partial charge is 0.490 e. The summed E-state index contributed by atoms with van der Waals surface area (Å²) in [5, 5.41) is 9.80. The van der Waals surface area contributed by atoms with E-state index in [0.29, 0.717) is 17.4 Å². The van der Waals surface area contributed by atoms with E-state index in [1.54, 1.807) is 18.3 Å². The Bertz CT molecular complexity index is 672. The van der Waals surface area contributed by atoms with Crippen LogP contribution >= 0.6 is 0 Å². The topological polar surface area (TPSA) is 78.5 Å². The van der Waals surface area contributed by atoms with Crippen LogP contribution in [0.5, 0.6) is 5.75 Å². The highest BCUT2D eigenvalue weighted by Crippen LogP contribution is 2.28. The van der Waals surface area contributed by atoms with Crippen molar-refractivity contribution in [2.75, 3.05) is 13.1 Å². The van der Waals surface area contributed by atoms with Gasteiger partial charge in [0.2, 0.25) is 0 Å². The van der Waals surface area contributed by atoms with E-state index in [-0.39, 0.29) is 11.8 Å². The van der Waals surface area contributed by atoms with Gasteiger partial charge in [-0.15, -0.1) is 0 Å². The zero-order chi connectivity index (χ0) is 15.7. The van der Waals surface area contributed by atoms with Crippen molar-refractivity contribution in [3.8, 4) is 5.75 Å². The molecule has 0 unspecified atom stereocenters. The van der Waals surface area contributed by atoms with Gasteiger partial charge in [-0.05, 0) is 38.8 Å². The van der Waals surface area contributed by atoms with Crippen molar-refractivity contribution in [2.24, 2.45) is 0 Å². The standard InChI is InChI=1S/C16H21N3O3/c1-10(2)19-7-4-11(5-8-19)22-14-3-6-17-15-12(14)9-13(18-15)16(20)21/h3,6,9-11H,4-5,7-8H2,1-2H3,(H,17,18)(H,20,21). The lowest BCUT2D eigenvalue weighted by atomic mass is 10.1. The summed E-state index contributed by atoms with van der Waals surface area (Å²) in [4.78, 5) is 20.5. The fraction of sp³-hybridized carbons (Fsp3) is 0.500. The van der Waals surface area contributed by atoms with Gasteiger partial charge in [0.25, 0.3) is 0 Å². The average Bonchev–Trinajstić information content (AvgIpc) is 2.93. The maximum atomic E-state index is 11.1. The molecule has 2 aromatic heterocycles. The third-order valence-electron chi connectivity index (χ3n) is 4.22. The second-order valence-corrected chi connectivity index (χ2v) is 6.01. The lowest BCUT2D eigenvalue weighted by Gasteiger charge is -2.34. The number of aromatic carboxylic acids is 1. The average molecular weight is 303 g/mol. The summed E-state index contributed by atoms with van der Waals surface area (Å²) in [6.45, 7) is 6.48. The number of carboxylic acid groups (broad SMARTS) is 1. The maximum Gasteiger partial charge on any atom is 0.352 e. The molecule has 1 aliphatic heterocycles. The van der Waals surface area contributed by atoms with Gasteiger partial charge in [-0.1, -0.05) is 0 Å². The lowest BCUT2D eigenvalue weighted by Crippen LogP contribution is -2.41. The van der Waals surface area contributed by atoms with Gasteiger partial charge in [-0.3, -0.25) is 0 Å². The van der Waals surface area contributed by atoms with Gasteiger partial charge in [0.15, 0.2) is 0 Å². The van der Waals surface area contributed by atoms with Crippen LogP contribution in [0.1, 0.15) is 37.2 Å². The maximum absolute atomic E-state index is 11.1. The molecule has 3 heterocycles. The number of nitrogens with one attached hydrogen (secondary N) is 1. The molecule has 0 amide bonds. The number of rotatable bonds is 4. The first-order chi connectivity index (χ1) is 10.5. The Kier molecular flexibility index (Phi) is 4.02. The lowest BCUT2D eigenvalue weighted by molar-refractivity contribution is 0.0691.